The van der Waals surface area contributed by atoms with Crippen LogP contribution < -0.4 is 0 Å². The van der Waals surface area contributed by atoms with Crippen LogP contribution in [0.5, 0.6) is 0 Å². The van der Waals surface area contributed by atoms with E-state index in [0.717, 1.165) is 64.2 Å². The number of hydrogen-bond acceptors (Lipinski definition) is 7. The summed E-state index contributed by atoms with van der Waals surface area (Å²) in [5.74, 6) is 0.323. The molecule has 8 heteroatoms. The van der Waals surface area contributed by atoms with Crippen LogP contribution >= 0.6 is 0 Å². The molecule has 6 aliphatic rings. The molecule has 6 unspecified atom stereocenters. The van der Waals surface area contributed by atoms with E-state index in [9.17, 15) is 35.4 Å². The lowest BCUT2D eigenvalue weighted by Crippen LogP contribution is -2.65. The minimum absolute atomic E-state index is 0.0448. The van der Waals surface area contributed by atoms with E-state index in [0.29, 0.717) is 11.8 Å². The highest BCUT2D eigenvalue weighted by molar-refractivity contribution is 5.76. The molecule has 0 aromatic rings. The minimum Gasteiger partial charge on any atom is -0.481 e. The Kier molecular flexibility index (Phi) is 8.03. The Morgan fingerprint density at radius 1 is 0.955 bits per heavy atom. The van der Waals surface area contributed by atoms with Gasteiger partial charge in [0.2, 0.25) is 0 Å². The summed E-state index contributed by atoms with van der Waals surface area (Å²) in [6.07, 6.45) is 4.11. The summed E-state index contributed by atoms with van der Waals surface area (Å²) in [4.78, 5) is 12.9. The van der Waals surface area contributed by atoms with Crippen molar-refractivity contribution in [3.8, 4) is 0 Å². The van der Waals surface area contributed by atoms with Gasteiger partial charge < -0.3 is 35.4 Å². The van der Waals surface area contributed by atoms with Crippen molar-refractivity contribution >= 4 is 5.97 Å². The van der Waals surface area contributed by atoms with Gasteiger partial charge in [0.1, 0.15) is 30.5 Å². The Hall–Kier alpha value is -1.03. The Morgan fingerprint density at radius 3 is 2.30 bits per heavy atom. The van der Waals surface area contributed by atoms with Crippen LogP contribution in [0.2, 0.25) is 0 Å². The number of carboxylic acids is 1. The first-order valence-electron chi connectivity index (χ1n) is 17.4. The van der Waals surface area contributed by atoms with Gasteiger partial charge in [0.25, 0.3) is 0 Å². The summed E-state index contributed by atoms with van der Waals surface area (Å²) < 4.78 is 5.80. The molecule has 0 bridgehead atoms. The van der Waals surface area contributed by atoms with Gasteiger partial charge in [-0.05, 0) is 115 Å². The van der Waals surface area contributed by atoms with E-state index in [1.54, 1.807) is 0 Å². The molecule has 0 amide bonds. The fourth-order valence-corrected chi connectivity index (χ4v) is 12.4. The third-order valence-electron chi connectivity index (χ3n) is 15.4. The van der Waals surface area contributed by atoms with Crippen molar-refractivity contribution in [1.29, 1.82) is 0 Å². The zero-order chi connectivity index (χ0) is 32.2. The molecule has 6 N–H and O–H groups in total. The maximum Gasteiger partial charge on any atom is 0.310 e. The number of hydrogen-bond donors (Lipinski definition) is 6. The first-order valence-corrected chi connectivity index (χ1v) is 17.4. The molecule has 1 aliphatic heterocycles. The molecule has 0 radical (unpaired) electrons. The first-order chi connectivity index (χ1) is 20.5. The van der Waals surface area contributed by atoms with Crippen LogP contribution in [-0.2, 0) is 9.53 Å². The van der Waals surface area contributed by atoms with E-state index in [-0.39, 0.29) is 39.4 Å². The monoisotopic (exact) mass is 618 g/mol. The van der Waals surface area contributed by atoms with Crippen molar-refractivity contribution in [2.45, 2.75) is 142 Å². The summed E-state index contributed by atoms with van der Waals surface area (Å²) >= 11 is 0. The summed E-state index contributed by atoms with van der Waals surface area (Å²) in [6, 6.07) is 0. The second-order valence-corrected chi connectivity index (χ2v) is 17.6. The zero-order valence-electron chi connectivity index (χ0n) is 27.7. The van der Waals surface area contributed by atoms with E-state index in [2.05, 4.69) is 47.6 Å². The lowest BCUT2D eigenvalue weighted by molar-refractivity contribution is -0.261. The minimum atomic E-state index is -1.49. The summed E-state index contributed by atoms with van der Waals surface area (Å²) in [6.45, 7) is 13.8. The molecule has 250 valence electrons. The van der Waals surface area contributed by atoms with Crippen LogP contribution in [0.15, 0.2) is 11.6 Å². The highest BCUT2D eigenvalue weighted by Crippen LogP contribution is 2.75. The van der Waals surface area contributed by atoms with Gasteiger partial charge >= 0.3 is 5.97 Å². The number of aliphatic hydroxyl groups excluding tert-OH is 5. The van der Waals surface area contributed by atoms with Crippen molar-refractivity contribution in [3.05, 3.63) is 11.6 Å². The van der Waals surface area contributed by atoms with Gasteiger partial charge in [-0.3, -0.25) is 4.79 Å². The average Bonchev–Trinajstić information content (AvgIpc) is 2.96. The molecular formula is C36H58O8. The summed E-state index contributed by atoms with van der Waals surface area (Å²) in [7, 11) is 0. The molecule has 6 rings (SSSR count). The van der Waals surface area contributed by atoms with Crippen LogP contribution in [0.1, 0.15) is 106 Å². The number of carboxylic acid groups (broad SMARTS) is 1. The SMILES string of the molecule is C[C@@H]1C2CC[C@]3(C)C(CC=C4C5CC(C)(C)CC[C@]5(C(=O)O)CC[C@]43C)[C@@]2(C)CC[C@@H]1[C@@H](O)[C@@H]1OC(CO)[C@@H](O)C(O)C1O. The van der Waals surface area contributed by atoms with Crippen molar-refractivity contribution in [2.75, 3.05) is 6.61 Å². The number of rotatable bonds is 4. The summed E-state index contributed by atoms with van der Waals surface area (Å²) in [5.41, 5.74) is 0.988. The van der Waals surface area contributed by atoms with Crippen molar-refractivity contribution < 1.29 is 40.2 Å². The quantitative estimate of drug-likeness (QED) is 0.256. The number of aliphatic carboxylic acids is 1. The lowest BCUT2D eigenvalue weighted by atomic mass is 9.34. The standard InChI is InChI=1S/C36H58O8/c1-19-20(26(38)30-29(41)28(40)27(39)24(18-37)44-30)9-11-33(4)21(19)10-12-35(6)25(33)8-7-22-23-17-32(2,3)13-15-36(23,31(42)43)16-14-34(22,35)5/h7,19-21,23-30,37-41H,8-18H2,1-6H3,(H,42,43)/t19-,20-,21?,23?,24?,25?,26+,27+,28?,29?,30-,33-,34+,35+,36-/m0/s1. The topological polar surface area (TPSA) is 148 Å². The van der Waals surface area contributed by atoms with Crippen molar-refractivity contribution in [1.82, 2.24) is 0 Å². The number of ether oxygens (including phenoxy) is 1. The molecule has 0 aromatic heterocycles. The van der Waals surface area contributed by atoms with Gasteiger partial charge in [-0.2, -0.15) is 0 Å². The van der Waals surface area contributed by atoms with Crippen LogP contribution in [0.3, 0.4) is 0 Å². The van der Waals surface area contributed by atoms with E-state index < -0.39 is 54.6 Å². The molecule has 0 spiro atoms. The fourth-order valence-electron chi connectivity index (χ4n) is 12.4. The molecule has 1 heterocycles. The lowest BCUT2D eigenvalue weighted by Gasteiger charge is -2.70. The molecule has 4 saturated carbocycles. The van der Waals surface area contributed by atoms with Crippen molar-refractivity contribution in [2.24, 2.45) is 56.7 Å². The highest BCUT2D eigenvalue weighted by atomic mass is 16.6. The van der Waals surface area contributed by atoms with Crippen LogP contribution in [0.25, 0.3) is 0 Å². The normalized spacial score (nSPS) is 54.1. The number of carbonyl (C=O) groups is 1. The Labute approximate surface area is 263 Å². The van der Waals surface area contributed by atoms with E-state index >= 15 is 0 Å². The second kappa shape index (κ2) is 10.7. The smallest absolute Gasteiger partial charge is 0.310 e. The molecule has 1 saturated heterocycles. The van der Waals surface area contributed by atoms with Crippen LogP contribution in [-0.4, -0.2) is 79.8 Å². The maximum atomic E-state index is 12.9. The van der Waals surface area contributed by atoms with Gasteiger partial charge in [-0.25, -0.2) is 0 Å². The predicted octanol–water partition coefficient (Wildman–Crippen LogP) is 4.30. The van der Waals surface area contributed by atoms with E-state index in [1.807, 2.05) is 0 Å². The molecule has 8 nitrogen and oxygen atoms in total. The average molecular weight is 619 g/mol. The first kappa shape index (κ1) is 32.9. The van der Waals surface area contributed by atoms with Gasteiger partial charge in [0.15, 0.2) is 0 Å². The number of aliphatic hydroxyl groups is 5. The highest BCUT2D eigenvalue weighted by Gasteiger charge is 2.68. The molecule has 5 fully saturated rings. The Bertz CT molecular complexity index is 1170. The van der Waals surface area contributed by atoms with Crippen LogP contribution in [0, 0.1) is 56.7 Å². The Balaban J connectivity index is 1.28. The fraction of sp³-hybridized carbons (Fsp3) is 0.917. The van der Waals surface area contributed by atoms with E-state index in [4.69, 9.17) is 4.74 Å². The maximum absolute atomic E-state index is 12.9. The van der Waals surface area contributed by atoms with Gasteiger partial charge in [0.05, 0.1) is 18.1 Å². The molecule has 0 aromatic carbocycles. The number of allylic oxidation sites excluding steroid dienone is 2. The van der Waals surface area contributed by atoms with Crippen LogP contribution in [0.4, 0.5) is 0 Å². The molecule has 5 aliphatic carbocycles. The molecular weight excluding hydrogens is 560 g/mol. The predicted molar refractivity (Wildman–Crippen MR) is 165 cm³/mol. The molecule has 15 atom stereocenters. The third kappa shape index (κ3) is 4.40. The zero-order valence-corrected chi connectivity index (χ0v) is 27.7. The second-order valence-electron chi connectivity index (χ2n) is 17.6. The van der Waals surface area contributed by atoms with Gasteiger partial charge in [-0.1, -0.05) is 53.2 Å². The van der Waals surface area contributed by atoms with Gasteiger partial charge in [-0.15, -0.1) is 0 Å². The number of fused-ring (bicyclic) bond motifs is 7. The Morgan fingerprint density at radius 2 is 1.64 bits per heavy atom. The van der Waals surface area contributed by atoms with E-state index in [1.165, 1.54) is 5.57 Å². The summed E-state index contributed by atoms with van der Waals surface area (Å²) in [5, 5.41) is 63.3. The van der Waals surface area contributed by atoms with Gasteiger partial charge in [0, 0.05) is 0 Å². The van der Waals surface area contributed by atoms with Crippen molar-refractivity contribution in [3.63, 3.8) is 0 Å². The molecule has 44 heavy (non-hydrogen) atoms. The largest absolute Gasteiger partial charge is 0.481 e. The third-order valence-corrected chi connectivity index (χ3v) is 15.4.